The van der Waals surface area contributed by atoms with Crippen LogP contribution in [0.3, 0.4) is 0 Å². The zero-order chi connectivity index (χ0) is 17.0. The van der Waals surface area contributed by atoms with Crippen molar-refractivity contribution in [2.24, 2.45) is 5.41 Å². The Morgan fingerprint density at radius 2 is 1.58 bits per heavy atom. The van der Waals surface area contributed by atoms with Crippen LogP contribution in [-0.4, -0.2) is 9.55 Å². The SMILES string of the molecule is CC(C)(C)C(Oc1ccccc1)c1nccn1Cc1ccccc1. The third kappa shape index (κ3) is 3.85. The van der Waals surface area contributed by atoms with Gasteiger partial charge < -0.3 is 9.30 Å². The van der Waals surface area contributed by atoms with E-state index in [0.29, 0.717) is 0 Å². The van der Waals surface area contributed by atoms with E-state index >= 15 is 0 Å². The molecule has 0 N–H and O–H groups in total. The Balaban J connectivity index is 1.90. The van der Waals surface area contributed by atoms with Gasteiger partial charge in [0.25, 0.3) is 0 Å². The molecule has 1 unspecified atom stereocenters. The fraction of sp³-hybridized carbons (Fsp3) is 0.286. The molecule has 2 aromatic carbocycles. The Kier molecular flexibility index (Phi) is 4.70. The first-order valence-electron chi connectivity index (χ1n) is 8.31. The smallest absolute Gasteiger partial charge is 0.161 e. The van der Waals surface area contributed by atoms with E-state index < -0.39 is 0 Å². The van der Waals surface area contributed by atoms with Crippen molar-refractivity contribution in [3.05, 3.63) is 84.4 Å². The van der Waals surface area contributed by atoms with Gasteiger partial charge in [0.05, 0.1) is 0 Å². The van der Waals surface area contributed by atoms with Crippen molar-refractivity contribution in [2.75, 3.05) is 0 Å². The molecule has 1 atom stereocenters. The summed E-state index contributed by atoms with van der Waals surface area (Å²) in [6, 6.07) is 20.4. The van der Waals surface area contributed by atoms with Crippen LogP contribution in [0.2, 0.25) is 0 Å². The van der Waals surface area contributed by atoms with Gasteiger partial charge in [-0.25, -0.2) is 4.98 Å². The number of hydrogen-bond acceptors (Lipinski definition) is 2. The minimum absolute atomic E-state index is 0.0738. The Morgan fingerprint density at radius 1 is 0.958 bits per heavy atom. The molecule has 1 heterocycles. The van der Waals surface area contributed by atoms with Gasteiger partial charge in [0, 0.05) is 24.4 Å². The van der Waals surface area contributed by atoms with E-state index in [4.69, 9.17) is 4.74 Å². The van der Waals surface area contributed by atoms with Crippen LogP contribution in [0.25, 0.3) is 0 Å². The number of ether oxygens (including phenoxy) is 1. The first kappa shape index (κ1) is 16.3. The van der Waals surface area contributed by atoms with Crippen LogP contribution in [-0.2, 0) is 6.54 Å². The standard InChI is InChI=1S/C21H24N2O/c1-21(2,3)19(24-18-12-8-5-9-13-18)20-22-14-15-23(20)16-17-10-6-4-7-11-17/h4-15,19H,16H2,1-3H3. The summed E-state index contributed by atoms with van der Waals surface area (Å²) in [5.74, 6) is 1.82. The first-order chi connectivity index (χ1) is 11.5. The summed E-state index contributed by atoms with van der Waals surface area (Å²) in [7, 11) is 0. The summed E-state index contributed by atoms with van der Waals surface area (Å²) in [5, 5.41) is 0. The molecule has 3 aromatic rings. The predicted molar refractivity (Wildman–Crippen MR) is 97.0 cm³/mol. The van der Waals surface area contributed by atoms with Crippen molar-refractivity contribution in [1.29, 1.82) is 0 Å². The summed E-state index contributed by atoms with van der Waals surface area (Å²) in [5.41, 5.74) is 1.18. The maximum absolute atomic E-state index is 6.32. The monoisotopic (exact) mass is 320 g/mol. The highest BCUT2D eigenvalue weighted by Gasteiger charge is 2.32. The number of para-hydroxylation sites is 1. The van der Waals surface area contributed by atoms with Gasteiger partial charge in [-0.1, -0.05) is 69.3 Å². The Morgan fingerprint density at radius 3 is 2.21 bits per heavy atom. The predicted octanol–water partition coefficient (Wildman–Crippen LogP) is 5.10. The molecule has 24 heavy (non-hydrogen) atoms. The number of aromatic nitrogens is 2. The van der Waals surface area contributed by atoms with Crippen molar-refractivity contribution in [2.45, 2.75) is 33.4 Å². The van der Waals surface area contributed by atoms with Gasteiger partial charge >= 0.3 is 0 Å². The maximum Gasteiger partial charge on any atom is 0.161 e. The molecule has 1 aromatic heterocycles. The van der Waals surface area contributed by atoms with Gasteiger partial charge in [-0.15, -0.1) is 0 Å². The molecule has 3 rings (SSSR count). The molecule has 0 spiro atoms. The van der Waals surface area contributed by atoms with Gasteiger partial charge in [0.1, 0.15) is 5.75 Å². The molecule has 0 bridgehead atoms. The third-order valence-electron chi connectivity index (χ3n) is 3.96. The van der Waals surface area contributed by atoms with Crippen molar-refractivity contribution in [3.8, 4) is 5.75 Å². The zero-order valence-electron chi connectivity index (χ0n) is 14.5. The molecule has 0 fully saturated rings. The lowest BCUT2D eigenvalue weighted by atomic mass is 9.88. The molecular weight excluding hydrogens is 296 g/mol. The zero-order valence-corrected chi connectivity index (χ0v) is 14.5. The van der Waals surface area contributed by atoms with E-state index in [1.165, 1.54) is 5.56 Å². The number of nitrogens with zero attached hydrogens (tertiary/aromatic N) is 2. The number of benzene rings is 2. The Bertz CT molecular complexity index is 757. The summed E-state index contributed by atoms with van der Waals surface area (Å²) < 4.78 is 8.49. The van der Waals surface area contributed by atoms with Crippen molar-refractivity contribution in [3.63, 3.8) is 0 Å². The van der Waals surface area contributed by atoms with Crippen LogP contribution in [0.15, 0.2) is 73.1 Å². The molecule has 0 saturated heterocycles. The van der Waals surface area contributed by atoms with Crippen LogP contribution in [0.5, 0.6) is 5.75 Å². The molecule has 0 aliphatic heterocycles. The fourth-order valence-electron chi connectivity index (χ4n) is 2.72. The normalized spacial score (nSPS) is 12.8. The molecule has 0 radical (unpaired) electrons. The number of imidazole rings is 1. The van der Waals surface area contributed by atoms with Crippen LogP contribution in [0.4, 0.5) is 0 Å². The van der Waals surface area contributed by atoms with E-state index in [9.17, 15) is 0 Å². The minimum Gasteiger partial charge on any atom is -0.482 e. The Hall–Kier alpha value is -2.55. The first-order valence-corrected chi connectivity index (χ1v) is 8.31. The lowest BCUT2D eigenvalue weighted by Crippen LogP contribution is -2.27. The van der Waals surface area contributed by atoms with Crippen LogP contribution < -0.4 is 4.74 Å². The maximum atomic E-state index is 6.32. The molecule has 0 amide bonds. The quantitative estimate of drug-likeness (QED) is 0.654. The fourth-order valence-corrected chi connectivity index (χ4v) is 2.72. The minimum atomic E-state index is -0.126. The topological polar surface area (TPSA) is 27.1 Å². The highest BCUT2D eigenvalue weighted by Crippen LogP contribution is 2.36. The van der Waals surface area contributed by atoms with Crippen molar-refractivity contribution >= 4 is 0 Å². The molecule has 0 aliphatic carbocycles. The van der Waals surface area contributed by atoms with Crippen LogP contribution >= 0.6 is 0 Å². The Labute approximate surface area is 143 Å². The van der Waals surface area contributed by atoms with Gasteiger partial charge in [-0.3, -0.25) is 0 Å². The van der Waals surface area contributed by atoms with E-state index in [-0.39, 0.29) is 11.5 Å². The lowest BCUT2D eigenvalue weighted by molar-refractivity contribution is 0.0759. The molecular formula is C21H24N2O. The summed E-state index contributed by atoms with van der Waals surface area (Å²) in [6.45, 7) is 7.34. The highest BCUT2D eigenvalue weighted by atomic mass is 16.5. The molecule has 124 valence electrons. The highest BCUT2D eigenvalue weighted by molar-refractivity contribution is 5.23. The second kappa shape index (κ2) is 6.91. The summed E-state index contributed by atoms with van der Waals surface area (Å²) >= 11 is 0. The van der Waals surface area contributed by atoms with E-state index in [1.807, 2.05) is 48.8 Å². The molecule has 3 nitrogen and oxygen atoms in total. The lowest BCUT2D eigenvalue weighted by Gasteiger charge is -2.31. The number of rotatable bonds is 5. The van der Waals surface area contributed by atoms with Gasteiger partial charge in [0.2, 0.25) is 0 Å². The number of hydrogen-bond donors (Lipinski definition) is 0. The third-order valence-corrected chi connectivity index (χ3v) is 3.96. The average Bonchev–Trinajstić information content (AvgIpc) is 3.01. The summed E-state index contributed by atoms with van der Waals surface area (Å²) in [6.07, 6.45) is 3.75. The molecule has 0 aliphatic rings. The second-order valence-electron chi connectivity index (χ2n) is 7.08. The van der Waals surface area contributed by atoms with Crippen molar-refractivity contribution in [1.82, 2.24) is 9.55 Å². The van der Waals surface area contributed by atoms with Crippen LogP contribution in [0.1, 0.15) is 38.3 Å². The average molecular weight is 320 g/mol. The van der Waals surface area contributed by atoms with E-state index in [2.05, 4.69) is 54.6 Å². The molecule has 3 heteroatoms. The molecule has 0 saturated carbocycles. The van der Waals surface area contributed by atoms with Gasteiger partial charge in [-0.05, 0) is 17.7 Å². The second-order valence-corrected chi connectivity index (χ2v) is 7.08. The van der Waals surface area contributed by atoms with Crippen molar-refractivity contribution < 1.29 is 4.74 Å². The van der Waals surface area contributed by atoms with Crippen LogP contribution in [0, 0.1) is 5.41 Å². The summed E-state index contributed by atoms with van der Waals surface area (Å²) in [4.78, 5) is 4.61. The van der Waals surface area contributed by atoms with Gasteiger partial charge in [0.15, 0.2) is 11.9 Å². The van der Waals surface area contributed by atoms with Gasteiger partial charge in [-0.2, -0.15) is 0 Å². The largest absolute Gasteiger partial charge is 0.482 e. The van der Waals surface area contributed by atoms with E-state index in [1.54, 1.807) is 0 Å². The van der Waals surface area contributed by atoms with E-state index in [0.717, 1.165) is 18.1 Å².